The summed E-state index contributed by atoms with van der Waals surface area (Å²) in [6, 6.07) is 9.50. The number of ether oxygens (including phenoxy) is 1. The van der Waals surface area contributed by atoms with E-state index in [2.05, 4.69) is 12.2 Å². The molecule has 0 aliphatic heterocycles. The summed E-state index contributed by atoms with van der Waals surface area (Å²) >= 11 is 1.46. The summed E-state index contributed by atoms with van der Waals surface area (Å²) in [5, 5.41) is 3.41. The largest absolute Gasteiger partial charge is 0.462 e. The Morgan fingerprint density at radius 3 is 2.72 bits per heavy atom. The van der Waals surface area contributed by atoms with Gasteiger partial charge in [0.1, 0.15) is 10.8 Å². The molecule has 0 atom stereocenters. The summed E-state index contributed by atoms with van der Waals surface area (Å²) in [4.78, 5) is 26.4. The van der Waals surface area contributed by atoms with Gasteiger partial charge in [0.2, 0.25) is 0 Å². The third kappa shape index (κ3) is 3.72. The first kappa shape index (κ1) is 19.5. The lowest BCUT2D eigenvalue weighted by Gasteiger charge is -2.07. The summed E-state index contributed by atoms with van der Waals surface area (Å²) in [6.07, 6.45) is 2.80. The van der Waals surface area contributed by atoms with Gasteiger partial charge in [0, 0.05) is 10.4 Å². The Hall–Kier alpha value is -2.86. The molecule has 3 aromatic rings. The van der Waals surface area contributed by atoms with Crippen molar-refractivity contribution in [3.63, 3.8) is 0 Å². The summed E-state index contributed by atoms with van der Waals surface area (Å²) in [5.41, 5.74) is 4.81. The Labute approximate surface area is 173 Å². The first-order valence-corrected chi connectivity index (χ1v) is 10.6. The number of amides is 1. The van der Waals surface area contributed by atoms with Crippen molar-refractivity contribution in [1.29, 1.82) is 0 Å². The van der Waals surface area contributed by atoms with Gasteiger partial charge in [0.25, 0.3) is 5.91 Å². The van der Waals surface area contributed by atoms with E-state index < -0.39 is 0 Å². The van der Waals surface area contributed by atoms with E-state index in [0.29, 0.717) is 22.9 Å². The molecule has 2 aromatic heterocycles. The number of hydrogen-bond donors (Lipinski definition) is 1. The number of carbonyl (C=O) groups is 2. The summed E-state index contributed by atoms with van der Waals surface area (Å²) < 4.78 is 11.0. The van der Waals surface area contributed by atoms with Gasteiger partial charge < -0.3 is 14.5 Å². The lowest BCUT2D eigenvalue weighted by molar-refractivity contribution is 0.0527. The molecule has 0 saturated heterocycles. The maximum Gasteiger partial charge on any atom is 0.341 e. The fourth-order valence-electron chi connectivity index (χ4n) is 3.59. The third-order valence-corrected chi connectivity index (χ3v) is 6.46. The monoisotopic (exact) mass is 409 g/mol. The van der Waals surface area contributed by atoms with E-state index in [1.165, 1.54) is 16.9 Å². The number of benzene rings is 1. The van der Waals surface area contributed by atoms with Crippen LogP contribution in [-0.2, 0) is 17.6 Å². The molecule has 0 unspecified atom stereocenters. The van der Waals surface area contributed by atoms with Crippen LogP contribution in [0.15, 0.2) is 34.7 Å². The number of thiophene rings is 1. The summed E-state index contributed by atoms with van der Waals surface area (Å²) in [7, 11) is 0. The van der Waals surface area contributed by atoms with E-state index in [4.69, 9.17) is 9.15 Å². The van der Waals surface area contributed by atoms with Crippen LogP contribution in [0.3, 0.4) is 0 Å². The maximum atomic E-state index is 12.8. The SMILES string of the molecule is CCOC(=O)c1c(NC(=O)c2ccc(-c3ccc(C)c(C)c3)o2)sc2c1CCC2. The molecule has 29 heavy (non-hydrogen) atoms. The number of furan rings is 1. The lowest BCUT2D eigenvalue weighted by Crippen LogP contribution is -2.14. The summed E-state index contributed by atoms with van der Waals surface area (Å²) in [6.45, 7) is 6.18. The van der Waals surface area contributed by atoms with Gasteiger partial charge in [-0.15, -0.1) is 11.3 Å². The number of nitrogens with one attached hydrogen (secondary N) is 1. The van der Waals surface area contributed by atoms with Crippen LogP contribution in [0.4, 0.5) is 5.00 Å². The van der Waals surface area contributed by atoms with Crippen molar-refractivity contribution in [3.05, 3.63) is 63.2 Å². The highest BCUT2D eigenvalue weighted by atomic mass is 32.1. The highest BCUT2D eigenvalue weighted by molar-refractivity contribution is 7.17. The van der Waals surface area contributed by atoms with Crippen molar-refractivity contribution in [3.8, 4) is 11.3 Å². The number of fused-ring (bicyclic) bond motifs is 1. The number of anilines is 1. The second kappa shape index (κ2) is 7.87. The van der Waals surface area contributed by atoms with Crippen molar-refractivity contribution < 1.29 is 18.7 Å². The molecule has 6 heteroatoms. The molecule has 0 radical (unpaired) electrons. The van der Waals surface area contributed by atoms with Crippen LogP contribution in [0.25, 0.3) is 11.3 Å². The van der Waals surface area contributed by atoms with Gasteiger partial charge in [-0.2, -0.15) is 0 Å². The fraction of sp³-hybridized carbons (Fsp3) is 0.304. The highest BCUT2D eigenvalue weighted by Crippen LogP contribution is 2.39. The molecular weight excluding hydrogens is 386 g/mol. The Bertz CT molecular complexity index is 1090. The van der Waals surface area contributed by atoms with E-state index >= 15 is 0 Å². The van der Waals surface area contributed by atoms with Gasteiger partial charge in [0.15, 0.2) is 5.76 Å². The molecule has 0 spiro atoms. The average molecular weight is 410 g/mol. The third-order valence-electron chi connectivity index (χ3n) is 5.25. The van der Waals surface area contributed by atoms with Gasteiger partial charge in [-0.3, -0.25) is 4.79 Å². The van der Waals surface area contributed by atoms with Gasteiger partial charge >= 0.3 is 5.97 Å². The van der Waals surface area contributed by atoms with E-state index in [9.17, 15) is 9.59 Å². The Kier molecular flexibility index (Phi) is 5.28. The normalized spacial score (nSPS) is 12.7. The number of carbonyl (C=O) groups excluding carboxylic acids is 2. The minimum absolute atomic E-state index is 0.210. The second-order valence-electron chi connectivity index (χ2n) is 7.20. The van der Waals surface area contributed by atoms with Crippen LogP contribution < -0.4 is 5.32 Å². The number of aryl methyl sites for hydroxylation is 3. The van der Waals surface area contributed by atoms with Crippen molar-refractivity contribution in [1.82, 2.24) is 0 Å². The summed E-state index contributed by atoms with van der Waals surface area (Å²) in [5.74, 6) is 0.0992. The predicted molar refractivity (Wildman–Crippen MR) is 114 cm³/mol. The molecule has 2 heterocycles. The van der Waals surface area contributed by atoms with E-state index in [1.54, 1.807) is 19.1 Å². The molecule has 4 rings (SSSR count). The molecule has 0 bridgehead atoms. The Morgan fingerprint density at radius 1 is 1.14 bits per heavy atom. The molecule has 0 saturated carbocycles. The smallest absolute Gasteiger partial charge is 0.341 e. The zero-order chi connectivity index (χ0) is 20.5. The topological polar surface area (TPSA) is 68.5 Å². The minimum Gasteiger partial charge on any atom is -0.462 e. The van der Waals surface area contributed by atoms with Crippen LogP contribution in [0.5, 0.6) is 0 Å². The average Bonchev–Trinajstić information content (AvgIpc) is 3.39. The molecule has 1 aromatic carbocycles. The van der Waals surface area contributed by atoms with Crippen LogP contribution in [0, 0.1) is 13.8 Å². The Morgan fingerprint density at radius 2 is 1.97 bits per heavy atom. The fourth-order valence-corrected chi connectivity index (χ4v) is 4.86. The molecule has 1 aliphatic carbocycles. The van der Waals surface area contributed by atoms with Crippen LogP contribution in [0.1, 0.15) is 55.8 Å². The highest BCUT2D eigenvalue weighted by Gasteiger charge is 2.29. The van der Waals surface area contributed by atoms with E-state index in [0.717, 1.165) is 40.8 Å². The van der Waals surface area contributed by atoms with E-state index in [1.807, 2.05) is 25.1 Å². The van der Waals surface area contributed by atoms with Crippen molar-refractivity contribution in [2.75, 3.05) is 11.9 Å². The molecular formula is C23H23NO4S. The molecule has 0 fully saturated rings. The molecule has 1 N–H and O–H groups in total. The van der Waals surface area contributed by atoms with Crippen molar-refractivity contribution >= 4 is 28.2 Å². The van der Waals surface area contributed by atoms with Crippen LogP contribution >= 0.6 is 11.3 Å². The van der Waals surface area contributed by atoms with Gasteiger partial charge in [-0.05, 0) is 74.9 Å². The van der Waals surface area contributed by atoms with Gasteiger partial charge in [0.05, 0.1) is 12.2 Å². The Balaban J connectivity index is 1.58. The maximum absolute atomic E-state index is 12.8. The standard InChI is InChI=1S/C23H23NO4S/c1-4-27-23(26)20-16-6-5-7-19(16)29-22(20)24-21(25)18-11-10-17(28-18)15-9-8-13(2)14(3)12-15/h8-12H,4-7H2,1-3H3,(H,24,25). The van der Waals surface area contributed by atoms with Gasteiger partial charge in [-0.25, -0.2) is 4.79 Å². The predicted octanol–water partition coefficient (Wildman–Crippen LogP) is 5.54. The first-order chi connectivity index (χ1) is 14.0. The molecule has 1 aliphatic rings. The molecule has 1 amide bonds. The van der Waals surface area contributed by atoms with Crippen molar-refractivity contribution in [2.45, 2.75) is 40.0 Å². The van der Waals surface area contributed by atoms with E-state index in [-0.39, 0.29) is 17.6 Å². The number of hydrogen-bond acceptors (Lipinski definition) is 5. The molecule has 5 nitrogen and oxygen atoms in total. The van der Waals surface area contributed by atoms with Gasteiger partial charge in [-0.1, -0.05) is 12.1 Å². The molecule has 150 valence electrons. The van der Waals surface area contributed by atoms with Crippen LogP contribution in [0.2, 0.25) is 0 Å². The minimum atomic E-state index is -0.377. The lowest BCUT2D eigenvalue weighted by atomic mass is 10.1. The zero-order valence-corrected chi connectivity index (χ0v) is 17.6. The quantitative estimate of drug-likeness (QED) is 0.562. The second-order valence-corrected chi connectivity index (χ2v) is 8.30. The zero-order valence-electron chi connectivity index (χ0n) is 16.8. The first-order valence-electron chi connectivity index (χ1n) is 9.78. The number of esters is 1. The van der Waals surface area contributed by atoms with Crippen molar-refractivity contribution in [2.24, 2.45) is 0 Å². The number of rotatable bonds is 5. The van der Waals surface area contributed by atoms with Crippen LogP contribution in [-0.4, -0.2) is 18.5 Å².